The van der Waals surface area contributed by atoms with Gasteiger partial charge < -0.3 is 9.64 Å². The van der Waals surface area contributed by atoms with Gasteiger partial charge in [-0.1, -0.05) is 41.7 Å². The summed E-state index contributed by atoms with van der Waals surface area (Å²) in [5, 5.41) is 0.648. The molecule has 0 spiro atoms. The van der Waals surface area contributed by atoms with E-state index in [4.69, 9.17) is 9.72 Å². The van der Waals surface area contributed by atoms with Gasteiger partial charge in [0, 0.05) is 19.5 Å². The van der Waals surface area contributed by atoms with Crippen LogP contribution in [-0.4, -0.2) is 41.4 Å². The highest BCUT2D eigenvalue weighted by molar-refractivity contribution is 7.22. The van der Waals surface area contributed by atoms with E-state index in [0.29, 0.717) is 31.4 Å². The summed E-state index contributed by atoms with van der Waals surface area (Å²) in [6, 6.07) is 15.7. The summed E-state index contributed by atoms with van der Waals surface area (Å²) in [7, 11) is 0. The van der Waals surface area contributed by atoms with Gasteiger partial charge in [-0.15, -0.1) is 0 Å². The summed E-state index contributed by atoms with van der Waals surface area (Å²) >= 11 is 1.47. The third-order valence-corrected chi connectivity index (χ3v) is 6.33. The summed E-state index contributed by atoms with van der Waals surface area (Å²) in [6.07, 6.45) is 0.261. The topological polar surface area (TPSA) is 62.7 Å². The summed E-state index contributed by atoms with van der Waals surface area (Å²) in [5.74, 6) is 0.446. The first kappa shape index (κ1) is 20.3. The molecule has 1 fully saturated rings. The molecule has 0 aliphatic carbocycles. The van der Waals surface area contributed by atoms with E-state index in [1.54, 1.807) is 9.80 Å². The minimum absolute atomic E-state index is 0.0427. The Morgan fingerprint density at radius 2 is 2.03 bits per heavy atom. The van der Waals surface area contributed by atoms with Crippen LogP contribution in [0.15, 0.2) is 48.5 Å². The second-order valence-corrected chi connectivity index (χ2v) is 8.31. The number of ether oxygens (including phenoxy) is 1. The molecule has 2 heterocycles. The molecule has 0 N–H and O–H groups in total. The van der Waals surface area contributed by atoms with E-state index in [1.807, 2.05) is 62.4 Å². The van der Waals surface area contributed by atoms with Crippen LogP contribution < -0.4 is 9.64 Å². The minimum Gasteiger partial charge on any atom is -0.494 e. The Kier molecular flexibility index (Phi) is 5.99. The molecule has 7 heteroatoms. The number of benzene rings is 2. The first-order valence-corrected chi connectivity index (χ1v) is 11.1. The third kappa shape index (κ3) is 4.16. The van der Waals surface area contributed by atoms with Crippen molar-refractivity contribution in [2.45, 2.75) is 26.8 Å². The number of likely N-dealkylation sites (tertiary alicyclic amines) is 1. The molecule has 2 aromatic carbocycles. The van der Waals surface area contributed by atoms with Gasteiger partial charge in [-0.2, -0.15) is 0 Å². The van der Waals surface area contributed by atoms with Crippen LogP contribution in [0.3, 0.4) is 0 Å². The lowest BCUT2D eigenvalue weighted by molar-refractivity contribution is -0.128. The lowest BCUT2D eigenvalue weighted by Crippen LogP contribution is -2.37. The number of aromatic nitrogens is 1. The van der Waals surface area contributed by atoms with Gasteiger partial charge in [0.2, 0.25) is 11.8 Å². The predicted octanol–water partition coefficient (Wildman–Crippen LogP) is 4.10. The first-order chi connectivity index (χ1) is 14.6. The Morgan fingerprint density at radius 3 is 2.73 bits per heavy atom. The fourth-order valence-corrected chi connectivity index (χ4v) is 4.73. The molecule has 1 aliphatic heterocycles. The number of anilines is 1. The van der Waals surface area contributed by atoms with Crippen LogP contribution in [0.1, 0.15) is 25.8 Å². The quantitative estimate of drug-likeness (QED) is 0.574. The number of rotatable bonds is 7. The molecule has 1 unspecified atom stereocenters. The van der Waals surface area contributed by atoms with Crippen LogP contribution in [0.2, 0.25) is 0 Å². The Balaban J connectivity index is 1.67. The number of thiazole rings is 1. The molecule has 1 aromatic heterocycles. The zero-order chi connectivity index (χ0) is 21.1. The molecule has 3 aromatic rings. The standard InChI is InChI=1S/C23H25N3O3S/c1-3-25-15-17(12-21(25)27)22(28)26(14-16-8-6-5-7-9-16)23-24-19-11-10-18(29-4-2)13-20(19)30-23/h5-11,13,17H,3-4,12,14-15H2,1-2H3. The zero-order valence-electron chi connectivity index (χ0n) is 17.2. The average Bonchev–Trinajstić information content (AvgIpc) is 3.35. The highest BCUT2D eigenvalue weighted by Crippen LogP contribution is 2.34. The molecule has 4 rings (SSSR count). The summed E-state index contributed by atoms with van der Waals surface area (Å²) < 4.78 is 6.57. The molecule has 1 saturated heterocycles. The van der Waals surface area contributed by atoms with Crippen molar-refractivity contribution in [2.75, 3.05) is 24.6 Å². The zero-order valence-corrected chi connectivity index (χ0v) is 18.0. The molecule has 156 valence electrons. The van der Waals surface area contributed by atoms with Gasteiger partial charge in [0.15, 0.2) is 5.13 Å². The van der Waals surface area contributed by atoms with Crippen LogP contribution in [-0.2, 0) is 16.1 Å². The maximum Gasteiger partial charge on any atom is 0.234 e. The number of fused-ring (bicyclic) bond motifs is 1. The molecule has 1 atom stereocenters. The number of carbonyl (C=O) groups is 2. The first-order valence-electron chi connectivity index (χ1n) is 10.3. The maximum atomic E-state index is 13.5. The van der Waals surface area contributed by atoms with Crippen LogP contribution in [0.5, 0.6) is 5.75 Å². The van der Waals surface area contributed by atoms with E-state index in [0.717, 1.165) is 21.5 Å². The Morgan fingerprint density at radius 1 is 1.23 bits per heavy atom. The van der Waals surface area contributed by atoms with Gasteiger partial charge in [0.05, 0.1) is 29.3 Å². The van der Waals surface area contributed by atoms with Gasteiger partial charge in [-0.05, 0) is 37.6 Å². The number of hydrogen-bond donors (Lipinski definition) is 0. The number of hydrogen-bond acceptors (Lipinski definition) is 5. The minimum atomic E-state index is -0.341. The largest absolute Gasteiger partial charge is 0.494 e. The fourth-order valence-electron chi connectivity index (χ4n) is 3.73. The normalized spacial score (nSPS) is 16.3. The number of carbonyl (C=O) groups excluding carboxylic acids is 2. The van der Waals surface area contributed by atoms with Crippen LogP contribution >= 0.6 is 11.3 Å². The smallest absolute Gasteiger partial charge is 0.234 e. The van der Waals surface area contributed by atoms with E-state index in [1.165, 1.54) is 11.3 Å². The fraction of sp³-hybridized carbons (Fsp3) is 0.348. The molecule has 0 radical (unpaired) electrons. The lowest BCUT2D eigenvalue weighted by atomic mass is 10.1. The lowest BCUT2D eigenvalue weighted by Gasteiger charge is -2.23. The highest BCUT2D eigenvalue weighted by Gasteiger charge is 2.37. The molecule has 2 amide bonds. The van der Waals surface area contributed by atoms with Crippen LogP contribution in [0.4, 0.5) is 5.13 Å². The van der Waals surface area contributed by atoms with E-state index in [-0.39, 0.29) is 24.2 Å². The Hall–Kier alpha value is -2.93. The average molecular weight is 424 g/mol. The SMILES string of the molecule is CCOc1ccc2nc(N(Cc3ccccc3)C(=O)C3CC(=O)N(CC)C3)sc2c1. The van der Waals surface area contributed by atoms with Gasteiger partial charge >= 0.3 is 0 Å². The number of amides is 2. The van der Waals surface area contributed by atoms with Crippen LogP contribution in [0, 0.1) is 5.92 Å². The highest BCUT2D eigenvalue weighted by atomic mass is 32.1. The van der Waals surface area contributed by atoms with Crippen molar-refractivity contribution in [1.82, 2.24) is 9.88 Å². The van der Waals surface area contributed by atoms with E-state index >= 15 is 0 Å². The van der Waals surface area contributed by atoms with E-state index in [2.05, 4.69) is 0 Å². The van der Waals surface area contributed by atoms with Gasteiger partial charge in [0.25, 0.3) is 0 Å². The van der Waals surface area contributed by atoms with Crippen molar-refractivity contribution < 1.29 is 14.3 Å². The molecule has 0 saturated carbocycles. The predicted molar refractivity (Wildman–Crippen MR) is 119 cm³/mol. The Bertz CT molecular complexity index is 1050. The van der Waals surface area contributed by atoms with Crippen molar-refractivity contribution in [1.29, 1.82) is 0 Å². The van der Waals surface area contributed by atoms with Gasteiger partial charge in [-0.3, -0.25) is 14.5 Å². The van der Waals surface area contributed by atoms with Crippen LogP contribution in [0.25, 0.3) is 10.2 Å². The van der Waals surface area contributed by atoms with Gasteiger partial charge in [0.1, 0.15) is 5.75 Å². The van der Waals surface area contributed by atoms with E-state index < -0.39 is 0 Å². The van der Waals surface area contributed by atoms with Crippen molar-refractivity contribution in [3.63, 3.8) is 0 Å². The molecular formula is C23H25N3O3S. The monoisotopic (exact) mass is 423 g/mol. The van der Waals surface area contributed by atoms with E-state index in [9.17, 15) is 9.59 Å². The third-order valence-electron chi connectivity index (χ3n) is 5.29. The molecule has 30 heavy (non-hydrogen) atoms. The summed E-state index contributed by atoms with van der Waals surface area (Å²) in [4.78, 5) is 33.9. The maximum absolute atomic E-state index is 13.5. The van der Waals surface area contributed by atoms with Crippen molar-refractivity contribution >= 4 is 38.5 Å². The molecule has 0 bridgehead atoms. The Labute approximate surface area is 180 Å². The van der Waals surface area contributed by atoms with Gasteiger partial charge in [-0.25, -0.2) is 4.98 Å². The van der Waals surface area contributed by atoms with Crippen molar-refractivity contribution in [3.8, 4) is 5.75 Å². The second kappa shape index (κ2) is 8.83. The molecule has 6 nitrogen and oxygen atoms in total. The molecule has 1 aliphatic rings. The second-order valence-electron chi connectivity index (χ2n) is 7.30. The summed E-state index contributed by atoms with van der Waals surface area (Å²) in [6.45, 7) is 6.01. The van der Waals surface area contributed by atoms with Crippen molar-refractivity contribution in [3.05, 3.63) is 54.1 Å². The van der Waals surface area contributed by atoms with Crippen molar-refractivity contribution in [2.24, 2.45) is 5.92 Å². The molecular weight excluding hydrogens is 398 g/mol. The number of nitrogens with zero attached hydrogens (tertiary/aromatic N) is 3. The summed E-state index contributed by atoms with van der Waals surface area (Å²) in [5.41, 5.74) is 1.86.